The summed E-state index contributed by atoms with van der Waals surface area (Å²) in [7, 11) is 0. The lowest BCUT2D eigenvalue weighted by Gasteiger charge is -2.35. The van der Waals surface area contributed by atoms with E-state index >= 15 is 0 Å². The quantitative estimate of drug-likeness (QED) is 0.637. The first-order chi connectivity index (χ1) is 9.76. The zero-order valence-corrected chi connectivity index (χ0v) is 12.0. The van der Waals surface area contributed by atoms with Crippen LogP contribution >= 0.6 is 0 Å². The first kappa shape index (κ1) is 15.0. The molecule has 1 N–H and O–H groups in total. The van der Waals surface area contributed by atoms with Gasteiger partial charge in [-0.05, 0) is 24.0 Å². The summed E-state index contributed by atoms with van der Waals surface area (Å²) in [6.07, 6.45) is 2.83. The lowest BCUT2D eigenvalue weighted by atomic mass is 9.93. The van der Waals surface area contributed by atoms with Gasteiger partial charge in [-0.15, -0.1) is 0 Å². The number of benzene rings is 1. The van der Waals surface area contributed by atoms with Crippen LogP contribution in [0.1, 0.15) is 36.9 Å². The lowest BCUT2D eigenvalue weighted by Crippen LogP contribution is -2.41. The first-order valence-corrected chi connectivity index (χ1v) is 7.34. The molecule has 1 aliphatic heterocycles. The Morgan fingerprint density at radius 2 is 2.25 bits per heavy atom. The molecule has 0 bridgehead atoms. The summed E-state index contributed by atoms with van der Waals surface area (Å²) >= 11 is 0. The van der Waals surface area contributed by atoms with Crippen LogP contribution in [-0.4, -0.2) is 42.3 Å². The van der Waals surface area contributed by atoms with Crippen LogP contribution in [0.3, 0.4) is 0 Å². The number of rotatable bonds is 6. The smallest absolute Gasteiger partial charge is 0.320 e. The number of hydrogen-bond donors (Lipinski definition) is 1. The highest BCUT2D eigenvalue weighted by Gasteiger charge is 2.28. The van der Waals surface area contributed by atoms with Crippen LogP contribution < -0.4 is 0 Å². The van der Waals surface area contributed by atoms with Crippen molar-refractivity contribution in [2.75, 3.05) is 26.3 Å². The summed E-state index contributed by atoms with van der Waals surface area (Å²) in [4.78, 5) is 13.8. The highest BCUT2D eigenvalue weighted by atomic mass is 16.5. The van der Waals surface area contributed by atoms with Crippen molar-refractivity contribution in [1.29, 1.82) is 0 Å². The monoisotopic (exact) mass is 277 g/mol. The van der Waals surface area contributed by atoms with E-state index in [0.717, 1.165) is 31.4 Å². The van der Waals surface area contributed by atoms with Crippen molar-refractivity contribution in [3.63, 3.8) is 0 Å². The van der Waals surface area contributed by atoms with Crippen LogP contribution in [0.4, 0.5) is 0 Å². The molecule has 1 aromatic carbocycles. The number of aliphatic hydroxyl groups is 1. The molecule has 0 aliphatic carbocycles. The Bertz CT molecular complexity index is 447. The van der Waals surface area contributed by atoms with Crippen LogP contribution in [0.25, 0.3) is 0 Å². The number of hydrogen-bond acceptors (Lipinski definition) is 4. The molecule has 4 heteroatoms. The summed E-state index contributed by atoms with van der Waals surface area (Å²) in [5.74, 6) is -0.198. The maximum Gasteiger partial charge on any atom is 0.320 e. The number of ether oxygens (including phenoxy) is 1. The van der Waals surface area contributed by atoms with Crippen LogP contribution in [0.2, 0.25) is 0 Å². The molecular formula is C16H23NO3. The van der Waals surface area contributed by atoms with Crippen LogP contribution in [0.15, 0.2) is 24.3 Å². The van der Waals surface area contributed by atoms with Crippen molar-refractivity contribution in [2.45, 2.75) is 32.2 Å². The first-order valence-electron chi connectivity index (χ1n) is 7.34. The van der Waals surface area contributed by atoms with E-state index in [1.54, 1.807) is 0 Å². The van der Waals surface area contributed by atoms with Crippen molar-refractivity contribution in [2.24, 2.45) is 0 Å². The third-order valence-electron chi connectivity index (χ3n) is 3.79. The molecule has 0 saturated carbocycles. The molecule has 0 radical (unpaired) electrons. The molecule has 0 saturated heterocycles. The second-order valence-corrected chi connectivity index (χ2v) is 5.19. The van der Waals surface area contributed by atoms with Gasteiger partial charge in [-0.1, -0.05) is 37.6 Å². The summed E-state index contributed by atoms with van der Waals surface area (Å²) in [6.45, 7) is 3.62. The molecule has 0 aromatic heterocycles. The van der Waals surface area contributed by atoms with E-state index in [1.807, 2.05) is 23.1 Å². The zero-order valence-electron chi connectivity index (χ0n) is 12.0. The van der Waals surface area contributed by atoms with Crippen LogP contribution in [0, 0.1) is 0 Å². The fourth-order valence-corrected chi connectivity index (χ4v) is 2.65. The summed E-state index contributed by atoms with van der Waals surface area (Å²) in [6, 6.07) is 8.02. The molecule has 0 spiro atoms. The van der Waals surface area contributed by atoms with Gasteiger partial charge < -0.3 is 9.84 Å². The standard InChI is InChI=1S/C16H23NO3/c1-2-3-10-20-16(19)11-17-9-8-13-6-4-5-7-14(13)15(17)12-18/h4-7,15,18H,2-3,8-12H2,1H3. The Balaban J connectivity index is 1.97. The Kier molecular flexibility index (Phi) is 5.56. The van der Waals surface area contributed by atoms with Gasteiger partial charge in [0.25, 0.3) is 0 Å². The number of fused-ring (bicyclic) bond motifs is 1. The highest BCUT2D eigenvalue weighted by Crippen LogP contribution is 2.28. The van der Waals surface area contributed by atoms with Gasteiger partial charge in [0.2, 0.25) is 0 Å². The van der Waals surface area contributed by atoms with E-state index < -0.39 is 0 Å². The third kappa shape index (κ3) is 3.58. The molecule has 1 aromatic rings. The summed E-state index contributed by atoms with van der Waals surface area (Å²) in [5.41, 5.74) is 2.39. The lowest BCUT2D eigenvalue weighted by molar-refractivity contribution is -0.146. The van der Waals surface area contributed by atoms with Gasteiger partial charge in [-0.25, -0.2) is 0 Å². The van der Waals surface area contributed by atoms with Gasteiger partial charge in [-0.3, -0.25) is 9.69 Å². The van der Waals surface area contributed by atoms with E-state index in [0.29, 0.717) is 6.61 Å². The van der Waals surface area contributed by atoms with Gasteiger partial charge in [0.15, 0.2) is 0 Å². The van der Waals surface area contributed by atoms with Crippen molar-refractivity contribution in [3.05, 3.63) is 35.4 Å². The maximum absolute atomic E-state index is 11.8. The molecule has 1 aliphatic rings. The van der Waals surface area contributed by atoms with Crippen molar-refractivity contribution in [1.82, 2.24) is 4.90 Å². The fourth-order valence-electron chi connectivity index (χ4n) is 2.65. The molecule has 1 heterocycles. The van der Waals surface area contributed by atoms with E-state index in [-0.39, 0.29) is 25.2 Å². The molecule has 0 amide bonds. The van der Waals surface area contributed by atoms with Crippen molar-refractivity contribution in [3.8, 4) is 0 Å². The number of nitrogens with zero attached hydrogens (tertiary/aromatic N) is 1. The van der Waals surface area contributed by atoms with Crippen molar-refractivity contribution >= 4 is 5.97 Å². The average Bonchev–Trinajstić information content (AvgIpc) is 2.47. The Hall–Kier alpha value is -1.39. The van der Waals surface area contributed by atoms with Crippen LogP contribution in [0.5, 0.6) is 0 Å². The Morgan fingerprint density at radius 3 is 3.00 bits per heavy atom. The largest absolute Gasteiger partial charge is 0.465 e. The highest BCUT2D eigenvalue weighted by molar-refractivity contribution is 5.71. The topological polar surface area (TPSA) is 49.8 Å². The number of esters is 1. The van der Waals surface area contributed by atoms with E-state index in [4.69, 9.17) is 4.74 Å². The summed E-state index contributed by atoms with van der Waals surface area (Å²) in [5, 5.41) is 9.64. The molecule has 1 unspecified atom stereocenters. The van der Waals surface area contributed by atoms with Crippen LogP contribution in [-0.2, 0) is 16.0 Å². The average molecular weight is 277 g/mol. The molecule has 20 heavy (non-hydrogen) atoms. The SMILES string of the molecule is CCCCOC(=O)CN1CCc2ccccc2C1CO. The molecule has 110 valence electrons. The number of carbonyl (C=O) groups excluding carboxylic acids is 1. The number of carbonyl (C=O) groups is 1. The third-order valence-corrected chi connectivity index (χ3v) is 3.79. The minimum atomic E-state index is -0.198. The number of unbranched alkanes of at least 4 members (excludes halogenated alkanes) is 1. The maximum atomic E-state index is 11.8. The van der Waals surface area contributed by atoms with Gasteiger partial charge in [-0.2, -0.15) is 0 Å². The zero-order chi connectivity index (χ0) is 14.4. The Morgan fingerprint density at radius 1 is 1.45 bits per heavy atom. The van der Waals surface area contributed by atoms with E-state index in [2.05, 4.69) is 13.0 Å². The second-order valence-electron chi connectivity index (χ2n) is 5.19. The minimum absolute atomic E-state index is 0.0270. The Labute approximate surface area is 120 Å². The van der Waals surface area contributed by atoms with E-state index in [9.17, 15) is 9.90 Å². The second kappa shape index (κ2) is 7.41. The number of aliphatic hydroxyl groups excluding tert-OH is 1. The minimum Gasteiger partial charge on any atom is -0.465 e. The molecule has 4 nitrogen and oxygen atoms in total. The van der Waals surface area contributed by atoms with Gasteiger partial charge in [0.05, 0.1) is 25.8 Å². The van der Waals surface area contributed by atoms with Gasteiger partial charge in [0, 0.05) is 6.54 Å². The van der Waals surface area contributed by atoms with E-state index in [1.165, 1.54) is 5.56 Å². The fraction of sp³-hybridized carbons (Fsp3) is 0.562. The predicted molar refractivity (Wildman–Crippen MR) is 77.4 cm³/mol. The van der Waals surface area contributed by atoms with Gasteiger partial charge in [0.1, 0.15) is 0 Å². The summed E-state index contributed by atoms with van der Waals surface area (Å²) < 4.78 is 5.20. The van der Waals surface area contributed by atoms with Crippen molar-refractivity contribution < 1.29 is 14.6 Å². The molecule has 2 rings (SSSR count). The predicted octanol–water partition coefficient (Wildman–Crippen LogP) is 1.92. The molecular weight excluding hydrogens is 254 g/mol. The molecule has 1 atom stereocenters. The normalized spacial score (nSPS) is 18.6. The van der Waals surface area contributed by atoms with Gasteiger partial charge >= 0.3 is 5.97 Å². The molecule has 0 fully saturated rings.